The summed E-state index contributed by atoms with van der Waals surface area (Å²) >= 11 is 0. The quantitative estimate of drug-likeness (QED) is 0.510. The fourth-order valence-electron chi connectivity index (χ4n) is 1.28. The van der Waals surface area contributed by atoms with Gasteiger partial charge in [-0.05, 0) is 0 Å². The highest BCUT2D eigenvalue weighted by Gasteiger charge is 2.23. The van der Waals surface area contributed by atoms with E-state index in [2.05, 4.69) is 9.97 Å². The number of ketones is 2. The SMILES string of the molecule is O=C1CC(=O)c2ncncc2C1. The third-order valence-corrected chi connectivity index (χ3v) is 1.80. The smallest absolute Gasteiger partial charge is 0.188 e. The van der Waals surface area contributed by atoms with Crippen molar-refractivity contribution in [3.8, 4) is 0 Å². The first-order valence-electron chi connectivity index (χ1n) is 3.61. The van der Waals surface area contributed by atoms with Crippen molar-refractivity contribution >= 4 is 11.6 Å². The van der Waals surface area contributed by atoms with Crippen LogP contribution in [0.15, 0.2) is 12.5 Å². The monoisotopic (exact) mass is 162 g/mol. The summed E-state index contributed by atoms with van der Waals surface area (Å²) in [5, 5.41) is 0. The Balaban J connectivity index is 2.54. The van der Waals surface area contributed by atoms with Crippen LogP contribution >= 0.6 is 0 Å². The van der Waals surface area contributed by atoms with Crippen molar-refractivity contribution in [1.29, 1.82) is 0 Å². The predicted octanol–water partition coefficient (Wildman–Crippen LogP) is 0.175. The Morgan fingerprint density at radius 1 is 1.25 bits per heavy atom. The molecule has 0 amide bonds. The van der Waals surface area contributed by atoms with Gasteiger partial charge in [0.25, 0.3) is 0 Å². The summed E-state index contributed by atoms with van der Waals surface area (Å²) in [5.74, 6) is -0.244. The summed E-state index contributed by atoms with van der Waals surface area (Å²) in [7, 11) is 0. The molecule has 1 aromatic heterocycles. The number of carbonyl (C=O) groups excluding carboxylic acids is 2. The highest BCUT2D eigenvalue weighted by Crippen LogP contribution is 2.14. The summed E-state index contributed by atoms with van der Waals surface area (Å²) in [6.07, 6.45) is 3.13. The van der Waals surface area contributed by atoms with Crippen molar-refractivity contribution in [2.24, 2.45) is 0 Å². The zero-order chi connectivity index (χ0) is 8.55. The van der Waals surface area contributed by atoms with Crippen LogP contribution in [0.5, 0.6) is 0 Å². The summed E-state index contributed by atoms with van der Waals surface area (Å²) in [5.41, 5.74) is 1.06. The van der Waals surface area contributed by atoms with E-state index in [4.69, 9.17) is 0 Å². The maximum Gasteiger partial charge on any atom is 0.188 e. The number of carbonyl (C=O) groups is 2. The Labute approximate surface area is 68.6 Å². The van der Waals surface area contributed by atoms with Gasteiger partial charge in [0.1, 0.15) is 17.8 Å². The second-order valence-corrected chi connectivity index (χ2v) is 2.71. The lowest BCUT2D eigenvalue weighted by atomic mass is 9.95. The second kappa shape index (κ2) is 2.48. The van der Waals surface area contributed by atoms with E-state index in [1.54, 1.807) is 0 Å². The van der Waals surface area contributed by atoms with E-state index in [1.807, 2.05) is 0 Å². The van der Waals surface area contributed by atoms with Gasteiger partial charge >= 0.3 is 0 Å². The fraction of sp³-hybridized carbons (Fsp3) is 0.250. The minimum Gasteiger partial charge on any atom is -0.299 e. The molecule has 0 N–H and O–H groups in total. The number of rotatable bonds is 0. The zero-order valence-electron chi connectivity index (χ0n) is 6.28. The molecule has 0 bridgehead atoms. The molecular weight excluding hydrogens is 156 g/mol. The van der Waals surface area contributed by atoms with Gasteiger partial charge < -0.3 is 0 Å². The van der Waals surface area contributed by atoms with E-state index in [0.717, 1.165) is 0 Å². The van der Waals surface area contributed by atoms with Gasteiger partial charge in [0.15, 0.2) is 5.78 Å². The average molecular weight is 162 g/mol. The van der Waals surface area contributed by atoms with Crippen molar-refractivity contribution in [3.05, 3.63) is 23.8 Å². The fourth-order valence-corrected chi connectivity index (χ4v) is 1.28. The molecular formula is C8H6N2O2. The number of Topliss-reactive ketones (excluding diaryl/α,β-unsaturated/α-hetero) is 2. The molecule has 1 aliphatic carbocycles. The molecule has 0 spiro atoms. The van der Waals surface area contributed by atoms with Crippen molar-refractivity contribution in [2.45, 2.75) is 12.8 Å². The third-order valence-electron chi connectivity index (χ3n) is 1.80. The van der Waals surface area contributed by atoms with Crippen LogP contribution in [0, 0.1) is 0 Å². The van der Waals surface area contributed by atoms with Gasteiger partial charge in [-0.15, -0.1) is 0 Å². The Morgan fingerprint density at radius 2 is 2.08 bits per heavy atom. The summed E-state index contributed by atoms with van der Waals surface area (Å²) < 4.78 is 0. The van der Waals surface area contributed by atoms with Gasteiger partial charge in [0, 0.05) is 18.2 Å². The van der Waals surface area contributed by atoms with Crippen LogP contribution in [-0.4, -0.2) is 21.5 Å². The molecule has 4 nitrogen and oxygen atoms in total. The van der Waals surface area contributed by atoms with Crippen molar-refractivity contribution in [3.63, 3.8) is 0 Å². The van der Waals surface area contributed by atoms with Gasteiger partial charge in [-0.1, -0.05) is 0 Å². The van der Waals surface area contributed by atoms with Crippen LogP contribution in [-0.2, 0) is 11.2 Å². The van der Waals surface area contributed by atoms with Gasteiger partial charge in [0.05, 0.1) is 6.42 Å². The molecule has 12 heavy (non-hydrogen) atoms. The molecule has 0 radical (unpaired) electrons. The third kappa shape index (κ3) is 1.01. The number of hydrogen-bond donors (Lipinski definition) is 0. The largest absolute Gasteiger partial charge is 0.299 e. The topological polar surface area (TPSA) is 59.9 Å². The van der Waals surface area contributed by atoms with Gasteiger partial charge in [-0.25, -0.2) is 9.97 Å². The molecule has 1 aliphatic rings. The molecule has 1 aromatic rings. The maximum atomic E-state index is 11.2. The molecule has 4 heteroatoms. The molecule has 0 aliphatic heterocycles. The molecule has 1 heterocycles. The van der Waals surface area contributed by atoms with Crippen LogP contribution in [0.4, 0.5) is 0 Å². The van der Waals surface area contributed by atoms with E-state index in [-0.39, 0.29) is 18.0 Å². The minimum absolute atomic E-state index is 0.00991. The lowest BCUT2D eigenvalue weighted by molar-refractivity contribution is -0.117. The lowest BCUT2D eigenvalue weighted by Crippen LogP contribution is -2.21. The van der Waals surface area contributed by atoms with Crippen LogP contribution < -0.4 is 0 Å². The number of aromatic nitrogens is 2. The van der Waals surface area contributed by atoms with E-state index in [9.17, 15) is 9.59 Å². The van der Waals surface area contributed by atoms with Crippen molar-refractivity contribution in [2.75, 3.05) is 0 Å². The normalized spacial score (nSPS) is 16.0. The predicted molar refractivity (Wildman–Crippen MR) is 39.7 cm³/mol. The first-order valence-corrected chi connectivity index (χ1v) is 3.61. The molecule has 0 fully saturated rings. The molecule has 2 rings (SSSR count). The molecule has 60 valence electrons. The van der Waals surface area contributed by atoms with Crippen LogP contribution in [0.2, 0.25) is 0 Å². The van der Waals surface area contributed by atoms with Crippen LogP contribution in [0.1, 0.15) is 22.5 Å². The number of hydrogen-bond acceptors (Lipinski definition) is 4. The summed E-state index contributed by atoms with van der Waals surface area (Å²) in [6, 6.07) is 0. The van der Waals surface area contributed by atoms with E-state index >= 15 is 0 Å². The van der Waals surface area contributed by atoms with Crippen LogP contribution in [0.25, 0.3) is 0 Å². The van der Waals surface area contributed by atoms with E-state index in [0.29, 0.717) is 17.7 Å². The lowest BCUT2D eigenvalue weighted by Gasteiger charge is -2.10. The first kappa shape index (κ1) is 7.09. The van der Waals surface area contributed by atoms with Gasteiger partial charge in [-0.2, -0.15) is 0 Å². The van der Waals surface area contributed by atoms with Gasteiger partial charge in [0.2, 0.25) is 0 Å². The Hall–Kier alpha value is -1.58. The molecule has 0 atom stereocenters. The van der Waals surface area contributed by atoms with E-state index in [1.165, 1.54) is 12.5 Å². The minimum atomic E-state index is -0.191. The van der Waals surface area contributed by atoms with E-state index < -0.39 is 0 Å². The standard InChI is InChI=1S/C8H6N2O2/c11-6-1-5-3-9-4-10-8(5)7(12)2-6/h3-4H,1-2H2. The molecule has 0 aromatic carbocycles. The molecule has 0 unspecified atom stereocenters. The Morgan fingerprint density at radius 3 is 2.92 bits per heavy atom. The first-order chi connectivity index (χ1) is 5.77. The molecule has 0 saturated heterocycles. The Bertz CT molecular complexity index is 360. The number of fused-ring (bicyclic) bond motifs is 1. The second-order valence-electron chi connectivity index (χ2n) is 2.71. The number of nitrogens with zero attached hydrogens (tertiary/aromatic N) is 2. The maximum absolute atomic E-state index is 11.2. The van der Waals surface area contributed by atoms with Crippen molar-refractivity contribution in [1.82, 2.24) is 9.97 Å². The highest BCUT2D eigenvalue weighted by molar-refractivity contribution is 6.11. The molecule has 0 saturated carbocycles. The van der Waals surface area contributed by atoms with Crippen LogP contribution in [0.3, 0.4) is 0 Å². The Kier molecular flexibility index (Phi) is 1.46. The zero-order valence-corrected chi connectivity index (χ0v) is 6.28. The van der Waals surface area contributed by atoms with Crippen molar-refractivity contribution < 1.29 is 9.59 Å². The van der Waals surface area contributed by atoms with Gasteiger partial charge in [-0.3, -0.25) is 9.59 Å². The average Bonchev–Trinajstić information content (AvgIpc) is 2.04. The summed E-state index contributed by atoms with van der Waals surface area (Å²) in [4.78, 5) is 29.7. The highest BCUT2D eigenvalue weighted by atomic mass is 16.1. The summed E-state index contributed by atoms with van der Waals surface area (Å²) in [6.45, 7) is 0.